The number of rotatable bonds is 3. The van der Waals surface area contributed by atoms with E-state index in [1.165, 1.54) is 19.6 Å². The maximum Gasteiger partial charge on any atom is 0.0202 e. The van der Waals surface area contributed by atoms with E-state index in [4.69, 9.17) is 0 Å². The first kappa shape index (κ1) is 10.8. The van der Waals surface area contributed by atoms with Crippen LogP contribution in [0.2, 0.25) is 0 Å². The molecule has 1 nitrogen and oxygen atoms in total. The topological polar surface area (TPSA) is 3.24 Å². The summed E-state index contributed by atoms with van der Waals surface area (Å²) < 4.78 is 0. The van der Waals surface area contributed by atoms with Crippen LogP contribution in [0, 0.1) is 11.8 Å². The zero-order valence-electron chi connectivity index (χ0n) is 9.72. The smallest absolute Gasteiger partial charge is 0.0202 e. The summed E-state index contributed by atoms with van der Waals surface area (Å²) in [5, 5.41) is 0. The van der Waals surface area contributed by atoms with Gasteiger partial charge in [0, 0.05) is 13.1 Å². The van der Waals surface area contributed by atoms with E-state index in [1.807, 2.05) is 0 Å². The molecule has 0 spiro atoms. The molecular weight excluding hydrogens is 158 g/mol. The van der Waals surface area contributed by atoms with E-state index >= 15 is 0 Å². The van der Waals surface area contributed by atoms with Gasteiger partial charge in [-0.1, -0.05) is 45.8 Å². The first-order chi connectivity index (χ1) is 6.06. The highest BCUT2D eigenvalue weighted by Crippen LogP contribution is 2.28. The van der Waals surface area contributed by atoms with Crippen molar-refractivity contribution in [1.82, 2.24) is 4.90 Å². The van der Waals surface area contributed by atoms with Gasteiger partial charge >= 0.3 is 0 Å². The van der Waals surface area contributed by atoms with Crippen molar-refractivity contribution in [3.8, 4) is 0 Å². The summed E-state index contributed by atoms with van der Waals surface area (Å²) in [5.74, 6) is 1.46. The SMILES string of the molecule is CCN1CC(C(C)C)=C(C(C)C)C1. The van der Waals surface area contributed by atoms with Crippen LogP contribution in [-0.2, 0) is 0 Å². The van der Waals surface area contributed by atoms with Crippen LogP contribution in [0.3, 0.4) is 0 Å². The zero-order chi connectivity index (χ0) is 10.0. The number of likely N-dealkylation sites (N-methyl/N-ethyl adjacent to an activating group) is 1. The standard InChI is InChI=1S/C12H23N/c1-6-13-7-11(9(2)3)12(8-13)10(4)5/h9-10H,6-8H2,1-5H3. The largest absolute Gasteiger partial charge is 0.296 e. The molecule has 76 valence electrons. The number of nitrogens with zero attached hydrogens (tertiary/aromatic N) is 1. The predicted octanol–water partition coefficient (Wildman–Crippen LogP) is 2.93. The lowest BCUT2D eigenvalue weighted by Crippen LogP contribution is -2.21. The second kappa shape index (κ2) is 4.28. The van der Waals surface area contributed by atoms with Crippen molar-refractivity contribution in [3.63, 3.8) is 0 Å². The maximum absolute atomic E-state index is 2.53. The summed E-state index contributed by atoms with van der Waals surface area (Å²) in [4.78, 5) is 2.53. The van der Waals surface area contributed by atoms with Gasteiger partial charge in [-0.25, -0.2) is 0 Å². The lowest BCUT2D eigenvalue weighted by atomic mass is 9.93. The lowest BCUT2D eigenvalue weighted by Gasteiger charge is -2.13. The quantitative estimate of drug-likeness (QED) is 0.605. The lowest BCUT2D eigenvalue weighted by molar-refractivity contribution is 0.355. The van der Waals surface area contributed by atoms with Crippen molar-refractivity contribution in [2.24, 2.45) is 11.8 Å². The minimum Gasteiger partial charge on any atom is -0.296 e. The Morgan fingerprint density at radius 2 is 1.38 bits per heavy atom. The van der Waals surface area contributed by atoms with Gasteiger partial charge in [-0.2, -0.15) is 0 Å². The summed E-state index contributed by atoms with van der Waals surface area (Å²) in [6.45, 7) is 15.1. The van der Waals surface area contributed by atoms with E-state index in [0.29, 0.717) is 0 Å². The van der Waals surface area contributed by atoms with Crippen molar-refractivity contribution in [3.05, 3.63) is 11.1 Å². The molecule has 0 saturated heterocycles. The van der Waals surface area contributed by atoms with Crippen molar-refractivity contribution in [2.75, 3.05) is 19.6 Å². The number of hydrogen-bond acceptors (Lipinski definition) is 1. The summed E-state index contributed by atoms with van der Waals surface area (Å²) in [6, 6.07) is 0. The van der Waals surface area contributed by atoms with E-state index in [-0.39, 0.29) is 0 Å². The van der Waals surface area contributed by atoms with Crippen LogP contribution in [0.25, 0.3) is 0 Å². The fourth-order valence-corrected chi connectivity index (χ4v) is 2.07. The van der Waals surface area contributed by atoms with Crippen LogP contribution in [0.1, 0.15) is 34.6 Å². The second-order valence-electron chi connectivity index (χ2n) is 4.66. The minimum atomic E-state index is 0.731. The Bertz CT molecular complexity index is 181. The number of hydrogen-bond donors (Lipinski definition) is 0. The normalized spacial score (nSPS) is 19.6. The van der Waals surface area contributed by atoms with Gasteiger partial charge in [0.25, 0.3) is 0 Å². The molecule has 0 atom stereocenters. The van der Waals surface area contributed by atoms with Crippen LogP contribution in [-0.4, -0.2) is 24.5 Å². The summed E-state index contributed by atoms with van der Waals surface area (Å²) in [7, 11) is 0. The molecule has 0 aliphatic carbocycles. The Hall–Kier alpha value is -0.300. The third-order valence-electron chi connectivity index (χ3n) is 3.04. The van der Waals surface area contributed by atoms with Crippen LogP contribution >= 0.6 is 0 Å². The second-order valence-corrected chi connectivity index (χ2v) is 4.66. The highest BCUT2D eigenvalue weighted by atomic mass is 15.1. The van der Waals surface area contributed by atoms with Gasteiger partial charge in [-0.05, 0) is 18.4 Å². The molecule has 0 radical (unpaired) electrons. The molecule has 0 aromatic carbocycles. The van der Waals surface area contributed by atoms with Crippen LogP contribution in [0.15, 0.2) is 11.1 Å². The Labute approximate surface area is 82.8 Å². The Kier molecular flexibility index (Phi) is 3.55. The van der Waals surface area contributed by atoms with Crippen LogP contribution in [0.4, 0.5) is 0 Å². The molecule has 0 saturated carbocycles. The molecular formula is C12H23N. The molecule has 0 fully saturated rings. The van der Waals surface area contributed by atoms with E-state index in [2.05, 4.69) is 39.5 Å². The average Bonchev–Trinajstić information content (AvgIpc) is 2.47. The van der Waals surface area contributed by atoms with Gasteiger partial charge in [-0.3, -0.25) is 4.90 Å². The summed E-state index contributed by atoms with van der Waals surface area (Å²) in [6.07, 6.45) is 0. The Morgan fingerprint density at radius 1 is 1.00 bits per heavy atom. The Balaban J connectivity index is 2.77. The Morgan fingerprint density at radius 3 is 1.62 bits per heavy atom. The van der Waals surface area contributed by atoms with E-state index in [0.717, 1.165) is 11.8 Å². The van der Waals surface area contributed by atoms with Crippen molar-refractivity contribution < 1.29 is 0 Å². The molecule has 0 aromatic rings. The minimum absolute atomic E-state index is 0.731. The van der Waals surface area contributed by atoms with Crippen molar-refractivity contribution >= 4 is 0 Å². The van der Waals surface area contributed by atoms with E-state index < -0.39 is 0 Å². The van der Waals surface area contributed by atoms with Gasteiger partial charge in [0.15, 0.2) is 0 Å². The zero-order valence-corrected chi connectivity index (χ0v) is 9.72. The molecule has 13 heavy (non-hydrogen) atoms. The highest BCUT2D eigenvalue weighted by molar-refractivity contribution is 5.25. The molecule has 0 amide bonds. The van der Waals surface area contributed by atoms with Gasteiger partial charge in [0.05, 0.1) is 0 Å². The average molecular weight is 181 g/mol. The third-order valence-corrected chi connectivity index (χ3v) is 3.04. The molecule has 1 rings (SSSR count). The summed E-state index contributed by atoms with van der Waals surface area (Å²) in [5.41, 5.74) is 3.38. The van der Waals surface area contributed by atoms with E-state index in [1.54, 1.807) is 11.1 Å². The van der Waals surface area contributed by atoms with Gasteiger partial charge in [0.2, 0.25) is 0 Å². The molecule has 1 aliphatic heterocycles. The first-order valence-corrected chi connectivity index (χ1v) is 5.50. The molecule has 1 aliphatic rings. The third kappa shape index (κ3) is 2.34. The van der Waals surface area contributed by atoms with Crippen molar-refractivity contribution in [2.45, 2.75) is 34.6 Å². The first-order valence-electron chi connectivity index (χ1n) is 5.50. The molecule has 0 N–H and O–H groups in total. The van der Waals surface area contributed by atoms with Gasteiger partial charge in [-0.15, -0.1) is 0 Å². The highest BCUT2D eigenvalue weighted by Gasteiger charge is 2.23. The molecule has 1 heteroatoms. The fraction of sp³-hybridized carbons (Fsp3) is 0.833. The predicted molar refractivity (Wildman–Crippen MR) is 58.8 cm³/mol. The van der Waals surface area contributed by atoms with Crippen LogP contribution < -0.4 is 0 Å². The fourth-order valence-electron chi connectivity index (χ4n) is 2.07. The molecule has 1 heterocycles. The monoisotopic (exact) mass is 181 g/mol. The molecule has 0 bridgehead atoms. The van der Waals surface area contributed by atoms with Gasteiger partial charge < -0.3 is 0 Å². The van der Waals surface area contributed by atoms with Gasteiger partial charge in [0.1, 0.15) is 0 Å². The molecule has 0 aromatic heterocycles. The summed E-state index contributed by atoms with van der Waals surface area (Å²) >= 11 is 0. The molecule has 0 unspecified atom stereocenters. The van der Waals surface area contributed by atoms with Crippen molar-refractivity contribution in [1.29, 1.82) is 0 Å². The van der Waals surface area contributed by atoms with E-state index in [9.17, 15) is 0 Å². The van der Waals surface area contributed by atoms with Crippen LogP contribution in [0.5, 0.6) is 0 Å². The maximum atomic E-state index is 2.53.